The molecule has 2 heterocycles. The van der Waals surface area contributed by atoms with Crippen molar-refractivity contribution in [3.63, 3.8) is 0 Å². The van der Waals surface area contributed by atoms with E-state index in [1.807, 2.05) is 24.3 Å². The number of nitrogens with zero attached hydrogens (tertiary/aromatic N) is 2. The number of likely N-dealkylation sites (tertiary alicyclic amines) is 1. The Kier molecular flexibility index (Phi) is 6.13. The summed E-state index contributed by atoms with van der Waals surface area (Å²) in [7, 11) is 4.84. The molecular formula is C21H25N3O4. The summed E-state index contributed by atoms with van der Waals surface area (Å²) in [5.41, 5.74) is 1.87. The zero-order chi connectivity index (χ0) is 20.1. The van der Waals surface area contributed by atoms with Gasteiger partial charge in [-0.25, -0.2) is 0 Å². The number of methoxy groups -OCH3 is 2. The van der Waals surface area contributed by atoms with E-state index in [0.29, 0.717) is 24.5 Å². The normalized spacial score (nSPS) is 18.8. The van der Waals surface area contributed by atoms with Crippen molar-refractivity contribution >= 4 is 11.8 Å². The first kappa shape index (κ1) is 19.7. The largest absolute Gasteiger partial charge is 0.493 e. The predicted octanol–water partition coefficient (Wildman–Crippen LogP) is 1.98. The van der Waals surface area contributed by atoms with Crippen LogP contribution in [-0.4, -0.2) is 49.5 Å². The van der Waals surface area contributed by atoms with Gasteiger partial charge < -0.3 is 19.7 Å². The van der Waals surface area contributed by atoms with Crippen LogP contribution in [-0.2, 0) is 16.0 Å². The lowest BCUT2D eigenvalue weighted by Crippen LogP contribution is -2.35. The monoisotopic (exact) mass is 383 g/mol. The van der Waals surface area contributed by atoms with E-state index in [4.69, 9.17) is 9.47 Å². The van der Waals surface area contributed by atoms with E-state index in [9.17, 15) is 9.59 Å². The molecule has 7 heteroatoms. The topological polar surface area (TPSA) is 80.8 Å². The molecule has 2 amide bonds. The van der Waals surface area contributed by atoms with Gasteiger partial charge in [0.05, 0.1) is 26.2 Å². The number of amides is 2. The standard InChI is InChI=1S/C21H25N3O4/c1-24-18(25)13-16(21(26)23-12-9-14-7-10-22-11-8-14)19(24)15-5-4-6-17(27-2)20(15)28-3/h4-8,10-11,16,19H,9,12-13H2,1-3H3,(H,23,26)/t16-,19+/m0/s1. The van der Waals surface area contributed by atoms with Crippen molar-refractivity contribution in [3.8, 4) is 11.5 Å². The lowest BCUT2D eigenvalue weighted by atomic mass is 9.92. The van der Waals surface area contributed by atoms with Crippen LogP contribution in [0.15, 0.2) is 42.7 Å². The number of aromatic nitrogens is 1. The van der Waals surface area contributed by atoms with Crippen molar-refractivity contribution in [1.82, 2.24) is 15.2 Å². The SMILES string of the molecule is COc1cccc([C@@H]2[C@@H](C(=O)NCCc3ccncc3)CC(=O)N2C)c1OC. The Morgan fingerprint density at radius 1 is 1.21 bits per heavy atom. The molecule has 0 aliphatic carbocycles. The summed E-state index contributed by atoms with van der Waals surface area (Å²) < 4.78 is 10.9. The first-order chi connectivity index (χ1) is 13.6. The van der Waals surface area contributed by atoms with E-state index in [2.05, 4.69) is 10.3 Å². The highest BCUT2D eigenvalue weighted by Gasteiger charge is 2.44. The average Bonchev–Trinajstić information content (AvgIpc) is 3.02. The number of rotatable bonds is 7. The highest BCUT2D eigenvalue weighted by molar-refractivity contribution is 5.90. The molecule has 1 N–H and O–H groups in total. The number of ether oxygens (including phenoxy) is 2. The molecule has 0 bridgehead atoms. The van der Waals surface area contributed by atoms with Crippen LogP contribution in [0.3, 0.4) is 0 Å². The third kappa shape index (κ3) is 3.93. The molecule has 1 fully saturated rings. The maximum Gasteiger partial charge on any atom is 0.226 e. The third-order valence-corrected chi connectivity index (χ3v) is 5.14. The predicted molar refractivity (Wildman–Crippen MR) is 104 cm³/mol. The summed E-state index contributed by atoms with van der Waals surface area (Å²) in [6.45, 7) is 0.499. The first-order valence-electron chi connectivity index (χ1n) is 9.20. The summed E-state index contributed by atoms with van der Waals surface area (Å²) in [6.07, 6.45) is 4.33. The van der Waals surface area contributed by atoms with E-state index < -0.39 is 12.0 Å². The van der Waals surface area contributed by atoms with Gasteiger partial charge in [0, 0.05) is 38.0 Å². The Bertz CT molecular complexity index is 841. The number of nitrogens with one attached hydrogen (secondary N) is 1. The molecule has 7 nitrogen and oxygen atoms in total. The molecule has 1 aliphatic rings. The van der Waals surface area contributed by atoms with Crippen molar-refractivity contribution < 1.29 is 19.1 Å². The van der Waals surface area contributed by atoms with Gasteiger partial charge in [-0.1, -0.05) is 12.1 Å². The van der Waals surface area contributed by atoms with Crippen molar-refractivity contribution in [2.24, 2.45) is 5.92 Å². The molecule has 1 saturated heterocycles. The van der Waals surface area contributed by atoms with Crippen LogP contribution in [0.25, 0.3) is 0 Å². The average molecular weight is 383 g/mol. The molecule has 28 heavy (non-hydrogen) atoms. The number of para-hydroxylation sites is 1. The molecule has 1 aromatic carbocycles. The lowest BCUT2D eigenvalue weighted by molar-refractivity contribution is -0.128. The van der Waals surface area contributed by atoms with Crippen LogP contribution in [0.5, 0.6) is 11.5 Å². The van der Waals surface area contributed by atoms with Crippen LogP contribution in [0.2, 0.25) is 0 Å². The van der Waals surface area contributed by atoms with Crippen LogP contribution in [0.1, 0.15) is 23.6 Å². The van der Waals surface area contributed by atoms with Gasteiger partial charge in [-0.05, 0) is 30.2 Å². The zero-order valence-corrected chi connectivity index (χ0v) is 16.3. The Labute approximate surface area is 164 Å². The highest BCUT2D eigenvalue weighted by Crippen LogP contribution is 2.44. The number of hydrogen-bond donors (Lipinski definition) is 1. The fourth-order valence-corrected chi connectivity index (χ4v) is 3.69. The van der Waals surface area contributed by atoms with E-state index in [0.717, 1.165) is 11.1 Å². The number of benzene rings is 1. The van der Waals surface area contributed by atoms with Crippen LogP contribution in [0, 0.1) is 5.92 Å². The van der Waals surface area contributed by atoms with Gasteiger partial charge in [-0.3, -0.25) is 14.6 Å². The Balaban J connectivity index is 1.78. The first-order valence-corrected chi connectivity index (χ1v) is 9.20. The molecule has 3 rings (SSSR count). The fraction of sp³-hybridized carbons (Fsp3) is 0.381. The Morgan fingerprint density at radius 2 is 1.96 bits per heavy atom. The van der Waals surface area contributed by atoms with Gasteiger partial charge >= 0.3 is 0 Å². The summed E-state index contributed by atoms with van der Waals surface area (Å²) in [4.78, 5) is 30.9. The highest BCUT2D eigenvalue weighted by atomic mass is 16.5. The van der Waals surface area contributed by atoms with Crippen LogP contribution in [0.4, 0.5) is 0 Å². The van der Waals surface area contributed by atoms with Crippen molar-refractivity contribution in [2.75, 3.05) is 27.8 Å². The van der Waals surface area contributed by atoms with Gasteiger partial charge in [-0.15, -0.1) is 0 Å². The van der Waals surface area contributed by atoms with Gasteiger partial charge in [0.15, 0.2) is 11.5 Å². The molecule has 0 radical (unpaired) electrons. The number of carbonyl (C=O) groups excluding carboxylic acids is 2. The van der Waals surface area contributed by atoms with Gasteiger partial charge in [-0.2, -0.15) is 0 Å². The molecule has 0 saturated carbocycles. The molecule has 2 atom stereocenters. The zero-order valence-electron chi connectivity index (χ0n) is 16.3. The quantitative estimate of drug-likeness (QED) is 0.791. The second kappa shape index (κ2) is 8.73. The third-order valence-electron chi connectivity index (χ3n) is 5.14. The maximum absolute atomic E-state index is 12.9. The second-order valence-electron chi connectivity index (χ2n) is 6.74. The molecular weight excluding hydrogens is 358 g/mol. The minimum Gasteiger partial charge on any atom is -0.493 e. The van der Waals surface area contributed by atoms with Crippen molar-refractivity contribution in [3.05, 3.63) is 53.9 Å². The number of hydrogen-bond acceptors (Lipinski definition) is 5. The van der Waals surface area contributed by atoms with Crippen molar-refractivity contribution in [2.45, 2.75) is 18.9 Å². The molecule has 148 valence electrons. The Morgan fingerprint density at radius 3 is 2.64 bits per heavy atom. The summed E-state index contributed by atoms with van der Waals surface area (Å²) in [6, 6.07) is 8.94. The second-order valence-corrected chi connectivity index (χ2v) is 6.74. The minimum atomic E-state index is -0.490. The number of pyridine rings is 1. The van der Waals surface area contributed by atoms with Crippen molar-refractivity contribution in [1.29, 1.82) is 0 Å². The van der Waals surface area contributed by atoms with Crippen LogP contribution >= 0.6 is 0 Å². The van der Waals surface area contributed by atoms with Gasteiger partial charge in [0.2, 0.25) is 11.8 Å². The maximum atomic E-state index is 12.9. The van der Waals surface area contributed by atoms with Crippen LogP contribution < -0.4 is 14.8 Å². The fourth-order valence-electron chi connectivity index (χ4n) is 3.69. The van der Waals surface area contributed by atoms with Gasteiger partial charge in [0.1, 0.15) is 0 Å². The smallest absolute Gasteiger partial charge is 0.226 e. The molecule has 1 aliphatic heterocycles. The van der Waals surface area contributed by atoms with Gasteiger partial charge in [0.25, 0.3) is 0 Å². The Hall–Kier alpha value is -3.09. The van der Waals surface area contributed by atoms with E-state index in [1.54, 1.807) is 44.6 Å². The number of carbonyl (C=O) groups is 2. The summed E-state index contributed by atoms with van der Waals surface area (Å²) in [5, 5.41) is 2.97. The molecule has 1 aromatic heterocycles. The van der Waals surface area contributed by atoms with E-state index in [1.165, 1.54) is 0 Å². The van der Waals surface area contributed by atoms with E-state index >= 15 is 0 Å². The van der Waals surface area contributed by atoms with E-state index in [-0.39, 0.29) is 18.2 Å². The summed E-state index contributed by atoms with van der Waals surface area (Å²) >= 11 is 0. The summed E-state index contributed by atoms with van der Waals surface area (Å²) in [5.74, 6) is 0.428. The molecule has 0 unspecified atom stereocenters. The lowest BCUT2D eigenvalue weighted by Gasteiger charge is -2.27. The minimum absolute atomic E-state index is 0.0656. The molecule has 2 aromatic rings. The molecule has 0 spiro atoms.